The second-order valence-corrected chi connectivity index (χ2v) is 12.7. The van der Waals surface area contributed by atoms with Crippen molar-refractivity contribution in [1.29, 1.82) is 0 Å². The van der Waals surface area contributed by atoms with Crippen molar-refractivity contribution in [3.05, 3.63) is 89.5 Å². The number of fused-ring (bicyclic) bond motifs is 1. The molecule has 0 fully saturated rings. The van der Waals surface area contributed by atoms with Crippen molar-refractivity contribution in [3.63, 3.8) is 0 Å². The van der Waals surface area contributed by atoms with Gasteiger partial charge in [0.15, 0.2) is 0 Å². The van der Waals surface area contributed by atoms with E-state index >= 15 is 0 Å². The van der Waals surface area contributed by atoms with Gasteiger partial charge >= 0.3 is 0 Å². The third-order valence-electron chi connectivity index (χ3n) is 5.15. The molecule has 0 saturated carbocycles. The van der Waals surface area contributed by atoms with E-state index in [0.717, 1.165) is 29.4 Å². The molecular weight excluding hydrogens is 455 g/mol. The number of nitrogens with one attached hydrogen (secondary N) is 1. The Labute approximate surface area is 209 Å². The van der Waals surface area contributed by atoms with Crippen LogP contribution in [-0.4, -0.2) is 18.9 Å². The SMILES string of the molecule is C#CC.C=C(N)c1cc2cc(CP(=C)(Cc3ccccc3)NC(C)C(=C)OCCC)ccc2s1. The van der Waals surface area contributed by atoms with E-state index in [-0.39, 0.29) is 6.04 Å². The number of hydrogen-bond donors (Lipinski definition) is 2. The summed E-state index contributed by atoms with van der Waals surface area (Å²) in [7, 11) is -1.83. The van der Waals surface area contributed by atoms with Crippen LogP contribution < -0.4 is 10.8 Å². The van der Waals surface area contributed by atoms with Gasteiger partial charge in [0.2, 0.25) is 0 Å². The quantitative estimate of drug-likeness (QED) is 0.166. The van der Waals surface area contributed by atoms with Crippen LogP contribution in [0, 0.1) is 12.3 Å². The summed E-state index contributed by atoms with van der Waals surface area (Å²) in [6, 6.07) is 19.4. The van der Waals surface area contributed by atoms with Crippen LogP contribution in [0.5, 0.6) is 0 Å². The molecule has 0 radical (unpaired) electrons. The summed E-state index contributed by atoms with van der Waals surface area (Å²) < 4.78 is 7.02. The van der Waals surface area contributed by atoms with Gasteiger partial charge in [0.05, 0.1) is 17.5 Å². The zero-order valence-electron chi connectivity index (χ0n) is 20.6. The number of benzene rings is 2. The maximum atomic E-state index is 5.90. The van der Waals surface area contributed by atoms with E-state index in [4.69, 9.17) is 16.8 Å². The Morgan fingerprint density at radius 2 is 1.79 bits per heavy atom. The van der Waals surface area contributed by atoms with E-state index in [2.05, 4.69) is 99.0 Å². The summed E-state index contributed by atoms with van der Waals surface area (Å²) in [5.74, 6) is 3.03. The summed E-state index contributed by atoms with van der Waals surface area (Å²) in [4.78, 5) is 1.03. The lowest BCUT2D eigenvalue weighted by atomic mass is 10.2. The van der Waals surface area contributed by atoms with Crippen molar-refractivity contribution in [1.82, 2.24) is 5.09 Å². The molecule has 3 rings (SSSR count). The fourth-order valence-corrected chi connectivity index (χ4v) is 7.61. The first kappa shape index (κ1) is 27.5. The number of hydrogen-bond acceptors (Lipinski definition) is 4. The van der Waals surface area contributed by atoms with E-state index in [1.807, 2.05) is 0 Å². The van der Waals surface area contributed by atoms with Crippen molar-refractivity contribution in [2.45, 2.75) is 45.6 Å². The molecule has 3 nitrogen and oxygen atoms in total. The van der Waals surface area contributed by atoms with Crippen molar-refractivity contribution < 1.29 is 4.74 Å². The summed E-state index contributed by atoms with van der Waals surface area (Å²) in [6.45, 7) is 14.6. The monoisotopic (exact) mass is 492 g/mol. The van der Waals surface area contributed by atoms with Crippen molar-refractivity contribution in [3.8, 4) is 12.3 Å². The Balaban J connectivity index is 0.00000129. The Morgan fingerprint density at radius 3 is 2.41 bits per heavy atom. The van der Waals surface area contributed by atoms with Crippen LogP contribution in [-0.2, 0) is 17.1 Å². The molecule has 3 aromatic rings. The van der Waals surface area contributed by atoms with Gasteiger partial charge in [0.25, 0.3) is 0 Å². The number of nitrogens with two attached hydrogens (primary N) is 1. The lowest BCUT2D eigenvalue weighted by Gasteiger charge is -2.31. The molecule has 0 saturated heterocycles. The van der Waals surface area contributed by atoms with Crippen LogP contribution in [0.1, 0.15) is 43.2 Å². The molecule has 3 N–H and O–H groups in total. The minimum Gasteiger partial charge on any atom is -0.497 e. The molecule has 0 amide bonds. The van der Waals surface area contributed by atoms with Crippen LogP contribution in [0.25, 0.3) is 15.8 Å². The third kappa shape index (κ3) is 8.26. The van der Waals surface area contributed by atoms with Crippen LogP contribution in [0.4, 0.5) is 0 Å². The molecule has 0 bridgehead atoms. The van der Waals surface area contributed by atoms with Gasteiger partial charge in [0, 0.05) is 22.7 Å². The molecule has 34 heavy (non-hydrogen) atoms. The van der Waals surface area contributed by atoms with Crippen molar-refractivity contribution in [2.24, 2.45) is 5.73 Å². The summed E-state index contributed by atoms with van der Waals surface area (Å²) in [5, 5.41) is 5.02. The summed E-state index contributed by atoms with van der Waals surface area (Å²) >= 11 is 1.68. The second kappa shape index (κ2) is 13.3. The fraction of sp³-hybridized carbons (Fsp3) is 0.276. The second-order valence-electron chi connectivity index (χ2n) is 8.41. The van der Waals surface area contributed by atoms with E-state index in [9.17, 15) is 0 Å². The first-order valence-corrected chi connectivity index (χ1v) is 14.6. The van der Waals surface area contributed by atoms with Gasteiger partial charge in [-0.15, -0.1) is 23.7 Å². The van der Waals surface area contributed by atoms with Crippen LogP contribution in [0.2, 0.25) is 0 Å². The van der Waals surface area contributed by atoms with Crippen molar-refractivity contribution in [2.75, 3.05) is 6.61 Å². The fourth-order valence-electron chi connectivity index (χ4n) is 3.62. The molecule has 1 aromatic heterocycles. The molecule has 0 aliphatic rings. The maximum absolute atomic E-state index is 5.90. The average molecular weight is 493 g/mol. The standard InChI is InChI=1S/C26H33N2OPS.C3H4/c1-6-14-29-21(4)20(3)28-30(5,17-22-10-8-7-9-11-22)18-23-12-13-25-24(15-23)16-26(31-25)19(2)27;1-3-2/h7-13,15-16,20,28H,2,4-6,14,17-18,27H2,1,3H3;1H,2H3. The lowest BCUT2D eigenvalue weighted by Crippen LogP contribution is -2.27. The molecule has 0 aliphatic heterocycles. The highest BCUT2D eigenvalue weighted by atomic mass is 32.1. The Hall–Kier alpha value is -2.70. The first-order chi connectivity index (χ1) is 16.2. The van der Waals surface area contributed by atoms with E-state index in [1.54, 1.807) is 18.3 Å². The van der Waals surface area contributed by atoms with Gasteiger partial charge in [-0.2, -0.15) is 0 Å². The topological polar surface area (TPSA) is 47.3 Å². The smallest absolute Gasteiger partial charge is 0.106 e. The number of terminal acetylenes is 1. The summed E-state index contributed by atoms with van der Waals surface area (Å²) in [6.07, 6.45) is 12.1. The molecule has 2 atom stereocenters. The van der Waals surface area contributed by atoms with Crippen molar-refractivity contribution >= 4 is 40.5 Å². The summed E-state index contributed by atoms with van der Waals surface area (Å²) in [5.41, 5.74) is 9.09. The zero-order valence-corrected chi connectivity index (χ0v) is 22.4. The van der Waals surface area contributed by atoms with Crippen LogP contribution in [0.15, 0.2) is 73.5 Å². The highest BCUT2D eigenvalue weighted by Crippen LogP contribution is 2.49. The minimum absolute atomic E-state index is 0.0399. The molecular formula is C29H37N2OPS. The first-order valence-electron chi connectivity index (χ1n) is 11.4. The van der Waals surface area contributed by atoms with E-state index < -0.39 is 7.04 Å². The number of ether oxygens (including phenoxy) is 1. The predicted molar refractivity (Wildman–Crippen MR) is 155 cm³/mol. The largest absolute Gasteiger partial charge is 0.497 e. The highest BCUT2D eigenvalue weighted by Gasteiger charge is 2.21. The highest BCUT2D eigenvalue weighted by molar-refractivity contribution is 7.70. The lowest BCUT2D eigenvalue weighted by molar-refractivity contribution is 0.195. The molecule has 2 unspecified atom stereocenters. The molecule has 0 aliphatic carbocycles. The Morgan fingerprint density at radius 1 is 1.15 bits per heavy atom. The number of rotatable bonds is 11. The maximum Gasteiger partial charge on any atom is 0.106 e. The van der Waals surface area contributed by atoms with Gasteiger partial charge in [0.1, 0.15) is 5.76 Å². The predicted octanol–water partition coefficient (Wildman–Crippen LogP) is 7.45. The van der Waals surface area contributed by atoms with Gasteiger partial charge in [-0.3, -0.25) is 5.09 Å². The van der Waals surface area contributed by atoms with Gasteiger partial charge in [-0.25, -0.2) is 0 Å². The van der Waals surface area contributed by atoms with Gasteiger partial charge in [-0.1, -0.05) is 62.8 Å². The molecule has 0 spiro atoms. The number of thiophene rings is 1. The van der Waals surface area contributed by atoms with Crippen LogP contribution >= 0.6 is 18.4 Å². The molecule has 180 valence electrons. The Kier molecular flexibility index (Phi) is 10.7. The minimum atomic E-state index is -1.83. The average Bonchev–Trinajstić information content (AvgIpc) is 3.22. The van der Waals surface area contributed by atoms with Gasteiger partial charge < -0.3 is 10.5 Å². The van der Waals surface area contributed by atoms with E-state index in [1.165, 1.54) is 21.2 Å². The molecule has 2 aromatic carbocycles. The Bertz CT molecular complexity index is 1190. The molecule has 5 heteroatoms. The van der Waals surface area contributed by atoms with Gasteiger partial charge in [-0.05, 0) is 62.0 Å². The van der Waals surface area contributed by atoms with E-state index in [0.29, 0.717) is 12.3 Å². The third-order valence-corrected chi connectivity index (χ3v) is 9.22. The molecule has 1 heterocycles. The zero-order chi connectivity index (χ0) is 25.1. The normalized spacial score (nSPS) is 13.1. The van der Waals surface area contributed by atoms with Crippen LogP contribution in [0.3, 0.4) is 0 Å².